The van der Waals surface area contributed by atoms with Crippen molar-refractivity contribution in [2.45, 2.75) is 37.6 Å². The van der Waals surface area contributed by atoms with Gasteiger partial charge in [0.1, 0.15) is 0 Å². The topological polar surface area (TPSA) is 20.3 Å². The molecule has 3 heterocycles. The summed E-state index contributed by atoms with van der Waals surface area (Å²) >= 11 is 1.88. The molecule has 1 aromatic rings. The first-order valence-electron chi connectivity index (χ1n) is 6.20. The van der Waals surface area contributed by atoms with Gasteiger partial charge in [-0.1, -0.05) is 6.42 Å². The highest BCUT2D eigenvalue weighted by Gasteiger charge is 2.57. The Morgan fingerprint density at radius 1 is 1.50 bits per heavy atom. The Labute approximate surface area is 99.3 Å². The van der Waals surface area contributed by atoms with Gasteiger partial charge in [0.15, 0.2) is 0 Å². The number of carbonyl (C=O) groups is 1. The summed E-state index contributed by atoms with van der Waals surface area (Å²) in [5.41, 5.74) is 1.63. The first kappa shape index (κ1) is 9.23. The SMILES string of the molecule is O=C1CC2CCCC23c2ccsc2CCN13. The van der Waals surface area contributed by atoms with Crippen molar-refractivity contribution in [1.82, 2.24) is 4.90 Å². The van der Waals surface area contributed by atoms with E-state index in [1.807, 2.05) is 11.3 Å². The van der Waals surface area contributed by atoms with E-state index in [0.717, 1.165) is 19.4 Å². The number of rotatable bonds is 0. The number of nitrogens with zero attached hydrogens (tertiary/aromatic N) is 1. The summed E-state index contributed by atoms with van der Waals surface area (Å²) in [4.78, 5) is 15.8. The molecule has 1 aromatic heterocycles. The summed E-state index contributed by atoms with van der Waals surface area (Å²) in [5, 5.41) is 2.21. The molecular weight excluding hydrogens is 218 g/mol. The van der Waals surface area contributed by atoms with Gasteiger partial charge in [-0.05, 0) is 42.2 Å². The Hall–Kier alpha value is -0.830. The molecule has 3 aliphatic rings. The third-order valence-electron chi connectivity index (χ3n) is 4.76. The highest BCUT2D eigenvalue weighted by atomic mass is 32.1. The Balaban J connectivity index is 1.95. The Morgan fingerprint density at radius 3 is 3.38 bits per heavy atom. The molecule has 1 saturated heterocycles. The molecular formula is C13H15NOS. The number of hydrogen-bond acceptors (Lipinski definition) is 2. The highest BCUT2D eigenvalue weighted by Crippen LogP contribution is 2.57. The molecule has 3 heteroatoms. The van der Waals surface area contributed by atoms with Crippen LogP contribution in [0, 0.1) is 5.92 Å². The van der Waals surface area contributed by atoms with Gasteiger partial charge in [-0.2, -0.15) is 0 Å². The van der Waals surface area contributed by atoms with E-state index in [-0.39, 0.29) is 5.54 Å². The van der Waals surface area contributed by atoms with Crippen LogP contribution >= 0.6 is 11.3 Å². The summed E-state index contributed by atoms with van der Waals surface area (Å²) in [6.45, 7) is 0.961. The van der Waals surface area contributed by atoms with Gasteiger partial charge >= 0.3 is 0 Å². The molecule has 1 saturated carbocycles. The molecule has 4 rings (SSSR count). The fraction of sp³-hybridized carbons (Fsp3) is 0.615. The minimum Gasteiger partial charge on any atom is -0.332 e. The quantitative estimate of drug-likeness (QED) is 0.674. The minimum atomic E-state index is 0.130. The zero-order valence-corrected chi connectivity index (χ0v) is 10.1. The van der Waals surface area contributed by atoms with Crippen LogP contribution in [0.4, 0.5) is 0 Å². The zero-order chi connectivity index (χ0) is 10.8. The van der Waals surface area contributed by atoms with E-state index in [2.05, 4.69) is 16.3 Å². The lowest BCUT2D eigenvalue weighted by molar-refractivity contribution is -0.132. The van der Waals surface area contributed by atoms with Gasteiger partial charge in [-0.15, -0.1) is 11.3 Å². The Morgan fingerprint density at radius 2 is 2.44 bits per heavy atom. The van der Waals surface area contributed by atoms with Crippen LogP contribution in [0.1, 0.15) is 36.1 Å². The van der Waals surface area contributed by atoms with Crippen LogP contribution in [0.3, 0.4) is 0 Å². The molecule has 2 aliphatic heterocycles. The summed E-state index contributed by atoms with van der Waals surface area (Å²) in [7, 11) is 0. The fourth-order valence-electron chi connectivity index (χ4n) is 4.19. The molecule has 2 fully saturated rings. The van der Waals surface area contributed by atoms with Gasteiger partial charge in [0.25, 0.3) is 0 Å². The van der Waals surface area contributed by atoms with Gasteiger partial charge in [-0.3, -0.25) is 4.79 Å². The first-order valence-corrected chi connectivity index (χ1v) is 7.07. The largest absolute Gasteiger partial charge is 0.332 e. The van der Waals surface area contributed by atoms with Crippen LogP contribution in [-0.4, -0.2) is 17.4 Å². The number of thiophene rings is 1. The molecule has 1 amide bonds. The third kappa shape index (κ3) is 0.877. The molecule has 1 spiro atoms. The molecule has 2 nitrogen and oxygen atoms in total. The van der Waals surface area contributed by atoms with E-state index >= 15 is 0 Å². The molecule has 0 radical (unpaired) electrons. The third-order valence-corrected chi connectivity index (χ3v) is 5.74. The maximum atomic E-state index is 12.1. The van der Waals surface area contributed by atoms with E-state index in [4.69, 9.17) is 0 Å². The molecule has 16 heavy (non-hydrogen) atoms. The van der Waals surface area contributed by atoms with Crippen molar-refractivity contribution >= 4 is 17.2 Å². The predicted molar refractivity (Wildman–Crippen MR) is 63.4 cm³/mol. The molecule has 2 atom stereocenters. The standard InChI is InChI=1S/C13H15NOS/c15-12-8-9-2-1-5-13(9)10-4-7-16-11(10)3-6-14(12)13/h4,7,9H,1-3,5-6,8H2. The van der Waals surface area contributed by atoms with Crippen molar-refractivity contribution in [3.05, 3.63) is 21.9 Å². The van der Waals surface area contributed by atoms with Crippen LogP contribution in [0.25, 0.3) is 0 Å². The fourth-order valence-corrected chi connectivity index (χ4v) is 5.14. The lowest BCUT2D eigenvalue weighted by Gasteiger charge is -2.42. The molecule has 0 aromatic carbocycles. The molecule has 0 bridgehead atoms. The smallest absolute Gasteiger partial charge is 0.223 e. The van der Waals surface area contributed by atoms with Crippen LogP contribution in [0.5, 0.6) is 0 Å². The second-order valence-electron chi connectivity index (χ2n) is 5.27. The summed E-state index contributed by atoms with van der Waals surface area (Å²) in [6.07, 6.45) is 5.62. The maximum Gasteiger partial charge on any atom is 0.223 e. The Bertz CT molecular complexity index is 466. The number of hydrogen-bond donors (Lipinski definition) is 0. The number of carbonyl (C=O) groups excluding carboxylic acids is 1. The predicted octanol–water partition coefficient (Wildman–Crippen LogP) is 2.53. The highest BCUT2D eigenvalue weighted by molar-refractivity contribution is 7.10. The van der Waals surface area contributed by atoms with E-state index in [1.165, 1.54) is 29.7 Å². The Kier molecular flexibility index (Phi) is 1.67. The van der Waals surface area contributed by atoms with Crippen LogP contribution in [0.2, 0.25) is 0 Å². The summed E-state index contributed by atoms with van der Waals surface area (Å²) in [6, 6.07) is 2.28. The number of fused-ring (bicyclic) bond motifs is 1. The second kappa shape index (κ2) is 2.89. The average Bonchev–Trinajstić information content (AvgIpc) is 2.90. The van der Waals surface area contributed by atoms with Crippen LogP contribution in [0.15, 0.2) is 11.4 Å². The van der Waals surface area contributed by atoms with Crippen molar-refractivity contribution in [3.8, 4) is 0 Å². The van der Waals surface area contributed by atoms with E-state index < -0.39 is 0 Å². The summed E-state index contributed by atoms with van der Waals surface area (Å²) in [5.74, 6) is 1.01. The molecule has 2 unspecified atom stereocenters. The van der Waals surface area contributed by atoms with Crippen molar-refractivity contribution in [2.75, 3.05) is 6.54 Å². The van der Waals surface area contributed by atoms with E-state index in [9.17, 15) is 4.79 Å². The van der Waals surface area contributed by atoms with Crippen molar-refractivity contribution in [2.24, 2.45) is 5.92 Å². The minimum absolute atomic E-state index is 0.130. The second-order valence-corrected chi connectivity index (χ2v) is 6.27. The van der Waals surface area contributed by atoms with Crippen molar-refractivity contribution in [1.29, 1.82) is 0 Å². The van der Waals surface area contributed by atoms with E-state index in [0.29, 0.717) is 11.8 Å². The molecule has 1 aliphatic carbocycles. The average molecular weight is 233 g/mol. The van der Waals surface area contributed by atoms with Gasteiger partial charge in [-0.25, -0.2) is 0 Å². The van der Waals surface area contributed by atoms with Crippen molar-refractivity contribution in [3.63, 3.8) is 0 Å². The van der Waals surface area contributed by atoms with E-state index in [1.54, 1.807) is 0 Å². The lowest BCUT2D eigenvalue weighted by atomic mass is 9.79. The first-order chi connectivity index (χ1) is 7.82. The zero-order valence-electron chi connectivity index (χ0n) is 9.24. The van der Waals surface area contributed by atoms with Gasteiger partial charge < -0.3 is 4.90 Å². The number of amides is 1. The van der Waals surface area contributed by atoms with Gasteiger partial charge in [0.2, 0.25) is 5.91 Å². The van der Waals surface area contributed by atoms with Crippen LogP contribution in [-0.2, 0) is 16.8 Å². The van der Waals surface area contributed by atoms with Crippen LogP contribution < -0.4 is 0 Å². The molecule has 0 N–H and O–H groups in total. The monoisotopic (exact) mass is 233 g/mol. The summed E-state index contributed by atoms with van der Waals surface area (Å²) < 4.78 is 0. The van der Waals surface area contributed by atoms with Crippen molar-refractivity contribution < 1.29 is 4.79 Å². The maximum absolute atomic E-state index is 12.1. The molecule has 84 valence electrons. The normalized spacial score (nSPS) is 36.1. The lowest BCUT2D eigenvalue weighted by Crippen LogP contribution is -2.48. The van der Waals surface area contributed by atoms with Gasteiger partial charge in [0, 0.05) is 17.8 Å². The van der Waals surface area contributed by atoms with Gasteiger partial charge in [0.05, 0.1) is 5.54 Å².